The first-order valence-corrected chi connectivity index (χ1v) is 9.78. The van der Waals surface area contributed by atoms with Crippen LogP contribution in [-0.4, -0.2) is 32.0 Å². The third kappa shape index (κ3) is 5.01. The van der Waals surface area contributed by atoms with Gasteiger partial charge in [-0.25, -0.2) is 4.39 Å². The minimum absolute atomic E-state index is 0.126. The molecule has 0 bridgehead atoms. The van der Waals surface area contributed by atoms with Crippen molar-refractivity contribution in [3.8, 4) is 11.4 Å². The van der Waals surface area contributed by atoms with Gasteiger partial charge in [-0.2, -0.15) is 4.80 Å². The molecule has 2 amide bonds. The van der Waals surface area contributed by atoms with E-state index in [2.05, 4.69) is 26.0 Å². The number of nitrogens with zero attached hydrogens (tertiary/aromatic N) is 4. The molecule has 4 rings (SSSR count). The lowest BCUT2D eigenvalue weighted by molar-refractivity contribution is -0.117. The zero-order valence-electron chi connectivity index (χ0n) is 17.1. The van der Waals surface area contributed by atoms with Crippen molar-refractivity contribution < 1.29 is 14.0 Å². The van der Waals surface area contributed by atoms with E-state index in [1.807, 2.05) is 31.2 Å². The lowest BCUT2D eigenvalue weighted by Crippen LogP contribution is -2.20. The van der Waals surface area contributed by atoms with Gasteiger partial charge in [0.15, 0.2) is 0 Å². The molecule has 160 valence electrons. The van der Waals surface area contributed by atoms with Crippen LogP contribution in [0.4, 0.5) is 15.8 Å². The maximum absolute atomic E-state index is 13.4. The van der Waals surface area contributed by atoms with Crippen molar-refractivity contribution in [2.45, 2.75) is 13.5 Å². The van der Waals surface area contributed by atoms with Gasteiger partial charge in [-0.15, -0.1) is 10.2 Å². The number of rotatable bonds is 6. The number of nitrogens with one attached hydrogen (secondary N) is 2. The zero-order valence-corrected chi connectivity index (χ0v) is 17.1. The van der Waals surface area contributed by atoms with Crippen molar-refractivity contribution in [1.82, 2.24) is 20.2 Å². The predicted octanol–water partition coefficient (Wildman–Crippen LogP) is 3.68. The van der Waals surface area contributed by atoms with Crippen LogP contribution in [0.3, 0.4) is 0 Å². The average Bonchev–Trinajstić information content (AvgIpc) is 3.24. The van der Waals surface area contributed by atoms with E-state index in [0.717, 1.165) is 11.6 Å². The van der Waals surface area contributed by atoms with Gasteiger partial charge in [-0.05, 0) is 54.6 Å². The van der Waals surface area contributed by atoms with E-state index in [-0.39, 0.29) is 23.8 Å². The molecular formula is C23H19FN6O2. The molecule has 0 aliphatic carbocycles. The van der Waals surface area contributed by atoms with Crippen molar-refractivity contribution in [2.24, 2.45) is 0 Å². The van der Waals surface area contributed by atoms with Crippen LogP contribution in [-0.2, 0) is 11.3 Å². The van der Waals surface area contributed by atoms with Crippen LogP contribution in [0.2, 0.25) is 0 Å². The summed E-state index contributed by atoms with van der Waals surface area (Å²) in [6.45, 7) is 1.84. The fourth-order valence-electron chi connectivity index (χ4n) is 3.00. The summed E-state index contributed by atoms with van der Waals surface area (Å²) < 4.78 is 13.4. The lowest BCUT2D eigenvalue weighted by atomic mass is 10.1. The van der Waals surface area contributed by atoms with Crippen LogP contribution in [0.15, 0.2) is 72.8 Å². The molecule has 0 radical (unpaired) electrons. The molecule has 0 aliphatic heterocycles. The summed E-state index contributed by atoms with van der Waals surface area (Å²) in [5.74, 6) is -1.03. The molecule has 0 spiro atoms. The largest absolute Gasteiger partial charge is 0.324 e. The molecule has 1 heterocycles. The maximum atomic E-state index is 13.4. The van der Waals surface area contributed by atoms with Gasteiger partial charge in [0.05, 0.1) is 5.69 Å². The third-order valence-corrected chi connectivity index (χ3v) is 4.58. The molecule has 0 atom stereocenters. The van der Waals surface area contributed by atoms with Crippen LogP contribution in [0.1, 0.15) is 15.9 Å². The number of amides is 2. The van der Waals surface area contributed by atoms with Gasteiger partial charge < -0.3 is 10.6 Å². The Morgan fingerprint density at radius 3 is 2.53 bits per heavy atom. The molecule has 0 saturated heterocycles. The normalized spacial score (nSPS) is 10.6. The smallest absolute Gasteiger partial charge is 0.255 e. The van der Waals surface area contributed by atoms with E-state index in [1.165, 1.54) is 23.0 Å². The van der Waals surface area contributed by atoms with Gasteiger partial charge in [0.2, 0.25) is 11.7 Å². The van der Waals surface area contributed by atoms with Crippen molar-refractivity contribution in [2.75, 3.05) is 10.6 Å². The first kappa shape index (κ1) is 20.9. The molecule has 1 aromatic heterocycles. The maximum Gasteiger partial charge on any atom is 0.255 e. The number of anilines is 2. The summed E-state index contributed by atoms with van der Waals surface area (Å²) in [4.78, 5) is 26.0. The van der Waals surface area contributed by atoms with E-state index in [0.29, 0.717) is 16.9 Å². The molecule has 8 nitrogen and oxygen atoms in total. The van der Waals surface area contributed by atoms with Crippen LogP contribution >= 0.6 is 0 Å². The molecule has 2 N–H and O–H groups in total. The molecule has 9 heteroatoms. The second kappa shape index (κ2) is 9.17. The number of tetrazole rings is 1. The summed E-state index contributed by atoms with van der Waals surface area (Å²) in [5, 5.41) is 17.7. The molecule has 0 unspecified atom stereocenters. The highest BCUT2D eigenvalue weighted by molar-refractivity contribution is 6.06. The van der Waals surface area contributed by atoms with Crippen molar-refractivity contribution in [3.63, 3.8) is 0 Å². The monoisotopic (exact) mass is 430 g/mol. The van der Waals surface area contributed by atoms with Crippen LogP contribution in [0.25, 0.3) is 11.4 Å². The predicted molar refractivity (Wildman–Crippen MR) is 117 cm³/mol. The van der Waals surface area contributed by atoms with Gasteiger partial charge in [0.1, 0.15) is 12.4 Å². The van der Waals surface area contributed by atoms with Crippen LogP contribution in [0.5, 0.6) is 0 Å². The van der Waals surface area contributed by atoms with Gasteiger partial charge in [0, 0.05) is 16.8 Å². The fraction of sp³-hybridized carbons (Fsp3) is 0.0870. The van der Waals surface area contributed by atoms with Crippen molar-refractivity contribution in [1.29, 1.82) is 0 Å². The number of carbonyl (C=O) groups is 2. The SMILES string of the molecule is Cc1ccc(NC(=O)Cn2nnc(-c3ccccc3NC(=O)c3cccc(F)c3)n2)cc1. The Morgan fingerprint density at radius 1 is 0.969 bits per heavy atom. The highest BCUT2D eigenvalue weighted by Crippen LogP contribution is 2.25. The minimum atomic E-state index is -0.501. The highest BCUT2D eigenvalue weighted by Gasteiger charge is 2.15. The van der Waals surface area contributed by atoms with E-state index in [9.17, 15) is 14.0 Å². The van der Waals surface area contributed by atoms with Gasteiger partial charge in [-0.3, -0.25) is 9.59 Å². The zero-order chi connectivity index (χ0) is 22.5. The number of benzene rings is 3. The van der Waals surface area contributed by atoms with Gasteiger partial charge in [0.25, 0.3) is 5.91 Å². The number of hydrogen-bond donors (Lipinski definition) is 2. The van der Waals surface area contributed by atoms with E-state index < -0.39 is 11.7 Å². The Morgan fingerprint density at radius 2 is 1.75 bits per heavy atom. The number of hydrogen-bond acceptors (Lipinski definition) is 5. The van der Waals surface area contributed by atoms with E-state index in [4.69, 9.17) is 0 Å². The number of carbonyl (C=O) groups excluding carboxylic acids is 2. The Labute approximate surface area is 183 Å². The third-order valence-electron chi connectivity index (χ3n) is 4.58. The van der Waals surface area contributed by atoms with Crippen molar-refractivity contribution >= 4 is 23.2 Å². The quantitative estimate of drug-likeness (QED) is 0.486. The Balaban J connectivity index is 1.47. The summed E-state index contributed by atoms with van der Waals surface area (Å²) in [6, 6.07) is 19.7. The second-order valence-electron chi connectivity index (χ2n) is 7.07. The Bertz CT molecular complexity index is 1270. The molecule has 32 heavy (non-hydrogen) atoms. The minimum Gasteiger partial charge on any atom is -0.324 e. The molecule has 4 aromatic rings. The van der Waals surface area contributed by atoms with Gasteiger partial charge >= 0.3 is 0 Å². The van der Waals surface area contributed by atoms with Crippen LogP contribution < -0.4 is 10.6 Å². The van der Waals surface area contributed by atoms with E-state index >= 15 is 0 Å². The molecule has 0 fully saturated rings. The topological polar surface area (TPSA) is 102 Å². The standard InChI is InChI=1S/C23H19FN6O2/c1-15-9-11-18(12-10-15)25-21(31)14-30-28-22(27-29-30)19-7-2-3-8-20(19)26-23(32)16-5-4-6-17(24)13-16/h2-13H,14H2,1H3,(H,25,31)(H,26,32). The van der Waals surface area contributed by atoms with Gasteiger partial charge in [-0.1, -0.05) is 35.9 Å². The molecule has 0 aliphatic rings. The molecule has 3 aromatic carbocycles. The first-order chi connectivity index (χ1) is 15.5. The molecular weight excluding hydrogens is 411 g/mol. The number of halogens is 1. The average molecular weight is 430 g/mol. The summed E-state index contributed by atoms with van der Waals surface area (Å²) in [7, 11) is 0. The Kier molecular flexibility index (Phi) is 5.98. The number of para-hydroxylation sites is 1. The summed E-state index contributed by atoms with van der Waals surface area (Å²) >= 11 is 0. The van der Waals surface area contributed by atoms with E-state index in [1.54, 1.807) is 24.3 Å². The first-order valence-electron chi connectivity index (χ1n) is 9.78. The highest BCUT2D eigenvalue weighted by atomic mass is 19.1. The summed E-state index contributed by atoms with van der Waals surface area (Å²) in [5.41, 5.74) is 2.90. The second-order valence-corrected chi connectivity index (χ2v) is 7.07. The lowest BCUT2D eigenvalue weighted by Gasteiger charge is -2.09. The summed E-state index contributed by atoms with van der Waals surface area (Å²) in [6.07, 6.45) is 0. The van der Waals surface area contributed by atoms with Crippen LogP contribution in [0, 0.1) is 12.7 Å². The van der Waals surface area contributed by atoms with Crippen molar-refractivity contribution in [3.05, 3.63) is 89.7 Å². The Hall–Kier alpha value is -4.40. The number of aryl methyl sites for hydroxylation is 1. The number of aromatic nitrogens is 4. The fourth-order valence-corrected chi connectivity index (χ4v) is 3.00. The molecule has 0 saturated carbocycles.